The molecule has 1 saturated carbocycles. The largest absolute Gasteiger partial charge is 0.492 e. The number of amides is 1. The normalized spacial score (nSPS) is 20.6. The fourth-order valence-electron chi connectivity index (χ4n) is 3.95. The van der Waals surface area contributed by atoms with Crippen LogP contribution >= 0.6 is 0 Å². The zero-order valence-corrected chi connectivity index (χ0v) is 17.2. The summed E-state index contributed by atoms with van der Waals surface area (Å²) in [7, 11) is 4.06. The van der Waals surface area contributed by atoms with Crippen LogP contribution in [0.25, 0.3) is 10.8 Å². The van der Waals surface area contributed by atoms with Crippen LogP contribution < -0.4 is 10.1 Å². The van der Waals surface area contributed by atoms with Gasteiger partial charge in [-0.25, -0.2) is 0 Å². The first-order valence-corrected chi connectivity index (χ1v) is 10.0. The summed E-state index contributed by atoms with van der Waals surface area (Å²) >= 11 is 0. The number of nitrogens with one attached hydrogen (secondary N) is 1. The van der Waals surface area contributed by atoms with Crippen molar-refractivity contribution in [3.8, 4) is 5.75 Å². The molecule has 0 saturated heterocycles. The highest BCUT2D eigenvalue weighted by Gasteiger charge is 2.55. The number of hydrogen-bond acceptors (Lipinski definition) is 4. The molecule has 1 aliphatic rings. The topological polar surface area (TPSA) is 54.5 Å². The third-order valence-electron chi connectivity index (χ3n) is 5.70. The van der Waals surface area contributed by atoms with Crippen LogP contribution in [0.15, 0.2) is 60.9 Å². The molecule has 0 radical (unpaired) electrons. The maximum atomic E-state index is 13.0. The van der Waals surface area contributed by atoms with E-state index < -0.39 is 5.54 Å². The average molecular weight is 389 g/mol. The molecule has 2 unspecified atom stereocenters. The Morgan fingerprint density at radius 3 is 2.69 bits per heavy atom. The molecule has 2 aromatic carbocycles. The fourth-order valence-corrected chi connectivity index (χ4v) is 3.95. The number of fused-ring (bicyclic) bond motifs is 1. The van der Waals surface area contributed by atoms with Gasteiger partial charge >= 0.3 is 0 Å². The van der Waals surface area contributed by atoms with Gasteiger partial charge < -0.3 is 15.0 Å². The van der Waals surface area contributed by atoms with Crippen LogP contribution in [-0.2, 0) is 5.54 Å². The SMILES string of the molecule is CC1CC1(NC(=O)c1cccnc1)c1c(OCCN(C)C)ccc2ccccc12. The standard InChI is InChI=1S/C24H27N3O2/c1-17-15-24(17,26-23(28)19-8-6-12-25-16-19)22-20-9-5-4-7-18(20)10-11-21(22)29-14-13-27(2)3/h4-12,16-17H,13-15H2,1-3H3,(H,26,28). The smallest absolute Gasteiger partial charge is 0.253 e. The van der Waals surface area contributed by atoms with Crippen LogP contribution in [0.3, 0.4) is 0 Å². The number of nitrogens with zero attached hydrogens (tertiary/aromatic N) is 2. The number of carbonyl (C=O) groups excluding carboxylic acids is 1. The van der Waals surface area contributed by atoms with E-state index in [1.165, 1.54) is 0 Å². The Morgan fingerprint density at radius 2 is 2.00 bits per heavy atom. The van der Waals surface area contributed by atoms with E-state index >= 15 is 0 Å². The number of aromatic nitrogens is 1. The molecule has 3 aromatic rings. The number of hydrogen-bond donors (Lipinski definition) is 1. The number of pyridine rings is 1. The lowest BCUT2D eigenvalue weighted by atomic mass is 9.94. The zero-order valence-electron chi connectivity index (χ0n) is 17.2. The van der Waals surface area contributed by atoms with Gasteiger partial charge in [0.25, 0.3) is 5.91 Å². The molecule has 4 rings (SSSR count). The third-order valence-corrected chi connectivity index (χ3v) is 5.70. The molecule has 29 heavy (non-hydrogen) atoms. The lowest BCUT2D eigenvalue weighted by Crippen LogP contribution is -2.37. The highest BCUT2D eigenvalue weighted by molar-refractivity contribution is 5.96. The van der Waals surface area contributed by atoms with Crippen molar-refractivity contribution >= 4 is 16.7 Å². The lowest BCUT2D eigenvalue weighted by Gasteiger charge is -2.25. The molecule has 1 N–H and O–H groups in total. The van der Waals surface area contributed by atoms with E-state index in [2.05, 4.69) is 40.3 Å². The minimum Gasteiger partial charge on any atom is -0.492 e. The summed E-state index contributed by atoms with van der Waals surface area (Å²) in [5.41, 5.74) is 1.22. The van der Waals surface area contributed by atoms with Crippen LogP contribution in [0.2, 0.25) is 0 Å². The highest BCUT2D eigenvalue weighted by Crippen LogP contribution is 2.56. The number of likely N-dealkylation sites (N-methyl/N-ethyl adjacent to an activating group) is 1. The van der Waals surface area contributed by atoms with Gasteiger partial charge in [-0.2, -0.15) is 0 Å². The fraction of sp³-hybridized carbons (Fsp3) is 0.333. The summed E-state index contributed by atoms with van der Waals surface area (Å²) < 4.78 is 6.21. The van der Waals surface area contributed by atoms with Crippen molar-refractivity contribution in [1.29, 1.82) is 0 Å². The van der Waals surface area contributed by atoms with Gasteiger partial charge in [0.15, 0.2) is 0 Å². The van der Waals surface area contributed by atoms with Crippen molar-refractivity contribution in [2.75, 3.05) is 27.2 Å². The van der Waals surface area contributed by atoms with Gasteiger partial charge in [-0.1, -0.05) is 37.3 Å². The number of rotatable bonds is 7. The summed E-state index contributed by atoms with van der Waals surface area (Å²) in [6.07, 6.45) is 4.17. The Morgan fingerprint density at radius 1 is 1.21 bits per heavy atom. The zero-order chi connectivity index (χ0) is 20.4. The molecule has 5 nitrogen and oxygen atoms in total. The molecule has 1 heterocycles. The van der Waals surface area contributed by atoms with Gasteiger partial charge in [0.2, 0.25) is 0 Å². The summed E-state index contributed by atoms with van der Waals surface area (Å²) in [5.74, 6) is 1.07. The van der Waals surface area contributed by atoms with E-state index in [0.717, 1.165) is 35.1 Å². The van der Waals surface area contributed by atoms with Crippen LogP contribution in [-0.4, -0.2) is 43.0 Å². The summed E-state index contributed by atoms with van der Waals surface area (Å²) in [4.78, 5) is 19.2. The molecule has 0 bridgehead atoms. The number of carbonyl (C=O) groups is 1. The number of benzene rings is 2. The van der Waals surface area contributed by atoms with Gasteiger partial charge in [0.1, 0.15) is 12.4 Å². The van der Waals surface area contributed by atoms with Crippen molar-refractivity contribution in [3.05, 3.63) is 72.1 Å². The van der Waals surface area contributed by atoms with E-state index in [-0.39, 0.29) is 5.91 Å². The van der Waals surface area contributed by atoms with E-state index in [9.17, 15) is 4.79 Å². The molecule has 5 heteroatoms. The molecule has 0 aliphatic heterocycles. The van der Waals surface area contributed by atoms with E-state index in [1.54, 1.807) is 24.5 Å². The number of ether oxygens (including phenoxy) is 1. The minimum absolute atomic E-state index is 0.102. The Hall–Kier alpha value is -2.92. The predicted octanol–water partition coefficient (Wildman–Crippen LogP) is 3.84. The maximum absolute atomic E-state index is 13.0. The van der Waals surface area contributed by atoms with E-state index in [1.807, 2.05) is 32.3 Å². The molecule has 1 amide bonds. The minimum atomic E-state index is -0.429. The van der Waals surface area contributed by atoms with Crippen LogP contribution in [0, 0.1) is 5.92 Å². The Labute approximate surface area is 171 Å². The molecular weight excluding hydrogens is 362 g/mol. The van der Waals surface area contributed by atoms with Gasteiger partial charge in [0, 0.05) is 24.5 Å². The van der Waals surface area contributed by atoms with Crippen LogP contribution in [0.5, 0.6) is 5.75 Å². The van der Waals surface area contributed by atoms with Crippen molar-refractivity contribution in [2.45, 2.75) is 18.9 Å². The molecule has 1 aromatic heterocycles. The van der Waals surface area contributed by atoms with Crippen molar-refractivity contribution < 1.29 is 9.53 Å². The molecular formula is C24H27N3O2. The van der Waals surface area contributed by atoms with Gasteiger partial charge in [0.05, 0.1) is 11.1 Å². The van der Waals surface area contributed by atoms with Crippen molar-refractivity contribution in [2.24, 2.45) is 5.92 Å². The van der Waals surface area contributed by atoms with Crippen LogP contribution in [0.4, 0.5) is 0 Å². The summed E-state index contributed by atoms with van der Waals surface area (Å²) in [6.45, 7) is 3.60. The van der Waals surface area contributed by atoms with Crippen molar-refractivity contribution in [1.82, 2.24) is 15.2 Å². The highest BCUT2D eigenvalue weighted by atomic mass is 16.5. The third kappa shape index (κ3) is 3.83. The average Bonchev–Trinajstić information content (AvgIpc) is 3.37. The second-order valence-corrected chi connectivity index (χ2v) is 8.08. The van der Waals surface area contributed by atoms with Gasteiger partial charge in [-0.3, -0.25) is 9.78 Å². The Balaban J connectivity index is 1.74. The monoisotopic (exact) mass is 389 g/mol. The van der Waals surface area contributed by atoms with Gasteiger partial charge in [-0.05, 0) is 55.4 Å². The molecule has 1 fully saturated rings. The van der Waals surface area contributed by atoms with Crippen molar-refractivity contribution in [3.63, 3.8) is 0 Å². The van der Waals surface area contributed by atoms with Gasteiger partial charge in [-0.15, -0.1) is 0 Å². The second-order valence-electron chi connectivity index (χ2n) is 8.08. The molecule has 150 valence electrons. The predicted molar refractivity (Wildman–Crippen MR) is 115 cm³/mol. The first-order chi connectivity index (χ1) is 14.0. The molecule has 2 atom stereocenters. The quantitative estimate of drug-likeness (QED) is 0.667. The Kier molecular flexibility index (Phi) is 5.24. The second kappa shape index (κ2) is 7.84. The molecule has 1 aliphatic carbocycles. The maximum Gasteiger partial charge on any atom is 0.253 e. The van der Waals surface area contributed by atoms with E-state index in [4.69, 9.17) is 4.74 Å². The lowest BCUT2D eigenvalue weighted by molar-refractivity contribution is 0.0926. The van der Waals surface area contributed by atoms with E-state index in [0.29, 0.717) is 18.1 Å². The first-order valence-electron chi connectivity index (χ1n) is 10.0. The van der Waals surface area contributed by atoms with Crippen LogP contribution in [0.1, 0.15) is 29.3 Å². The summed E-state index contributed by atoms with van der Waals surface area (Å²) in [6, 6.07) is 16.0. The molecule has 0 spiro atoms. The Bertz CT molecular complexity index is 1020. The first kappa shape index (κ1) is 19.4. The summed E-state index contributed by atoms with van der Waals surface area (Å²) in [5, 5.41) is 5.59.